The number of rotatable bonds is 3. The Labute approximate surface area is 128 Å². The van der Waals surface area contributed by atoms with Crippen LogP contribution in [0.2, 0.25) is 0 Å². The maximum Gasteiger partial charge on any atom is 0.294 e. The number of hydrogen-bond acceptors (Lipinski definition) is 5. The lowest BCUT2D eigenvalue weighted by molar-refractivity contribution is 0.0988. The number of sulfonamides is 1. The predicted octanol–water partition coefficient (Wildman–Crippen LogP) is 1.64. The van der Waals surface area contributed by atoms with Crippen LogP contribution in [0.15, 0.2) is 35.0 Å². The standard InChI is InChI=1S/C14H15N3O4S/c1-22(19,20)17-8-2-3-10-4-5-11(9-12(10)17)16-14(18)13-6-7-15-21-13/h4-7,9H,2-3,8H2,1H3,(H,16,18). The van der Waals surface area contributed by atoms with Crippen LogP contribution in [-0.4, -0.2) is 32.3 Å². The molecule has 0 saturated carbocycles. The normalized spacial score (nSPS) is 14.5. The number of amides is 1. The summed E-state index contributed by atoms with van der Waals surface area (Å²) in [6, 6.07) is 6.71. The summed E-state index contributed by atoms with van der Waals surface area (Å²) in [5.41, 5.74) is 2.08. The van der Waals surface area contributed by atoms with Gasteiger partial charge in [-0.1, -0.05) is 11.2 Å². The van der Waals surface area contributed by atoms with E-state index in [9.17, 15) is 13.2 Å². The zero-order chi connectivity index (χ0) is 15.7. The Morgan fingerprint density at radius 1 is 1.36 bits per heavy atom. The van der Waals surface area contributed by atoms with E-state index in [1.165, 1.54) is 22.8 Å². The van der Waals surface area contributed by atoms with Gasteiger partial charge >= 0.3 is 0 Å². The Balaban J connectivity index is 1.91. The molecule has 1 aliphatic rings. The number of aryl methyl sites for hydroxylation is 1. The molecular weight excluding hydrogens is 306 g/mol. The molecule has 2 aromatic rings. The number of fused-ring (bicyclic) bond motifs is 1. The van der Waals surface area contributed by atoms with E-state index in [1.54, 1.807) is 12.1 Å². The van der Waals surface area contributed by atoms with Crippen LogP contribution in [0.3, 0.4) is 0 Å². The highest BCUT2D eigenvalue weighted by Crippen LogP contribution is 2.31. The third-order valence-corrected chi connectivity index (χ3v) is 4.66. The minimum atomic E-state index is -3.34. The van der Waals surface area contributed by atoms with Gasteiger partial charge in [-0.3, -0.25) is 9.10 Å². The van der Waals surface area contributed by atoms with E-state index in [2.05, 4.69) is 10.5 Å². The topological polar surface area (TPSA) is 92.5 Å². The molecule has 0 atom stereocenters. The smallest absolute Gasteiger partial charge is 0.294 e. The van der Waals surface area contributed by atoms with Crippen LogP contribution in [-0.2, 0) is 16.4 Å². The first-order valence-electron chi connectivity index (χ1n) is 6.78. The van der Waals surface area contributed by atoms with Crippen molar-refractivity contribution in [3.05, 3.63) is 41.8 Å². The van der Waals surface area contributed by atoms with Crippen LogP contribution in [0.5, 0.6) is 0 Å². The minimum Gasteiger partial charge on any atom is -0.351 e. The Hall–Kier alpha value is -2.35. The highest BCUT2D eigenvalue weighted by molar-refractivity contribution is 7.92. The van der Waals surface area contributed by atoms with Gasteiger partial charge in [0.1, 0.15) is 0 Å². The summed E-state index contributed by atoms with van der Waals surface area (Å²) in [7, 11) is -3.34. The van der Waals surface area contributed by atoms with E-state index in [0.29, 0.717) is 17.9 Å². The number of anilines is 2. The molecule has 1 amide bonds. The minimum absolute atomic E-state index is 0.0951. The van der Waals surface area contributed by atoms with Crippen LogP contribution >= 0.6 is 0 Å². The number of benzene rings is 1. The highest BCUT2D eigenvalue weighted by Gasteiger charge is 2.24. The first kappa shape index (κ1) is 14.6. The quantitative estimate of drug-likeness (QED) is 0.927. The van der Waals surface area contributed by atoms with Crippen molar-refractivity contribution in [3.63, 3.8) is 0 Å². The lowest BCUT2D eigenvalue weighted by atomic mass is 10.0. The average Bonchev–Trinajstić information content (AvgIpc) is 2.99. The van der Waals surface area contributed by atoms with Gasteiger partial charge in [-0.15, -0.1) is 0 Å². The summed E-state index contributed by atoms with van der Waals surface area (Å²) in [6.07, 6.45) is 4.16. The number of nitrogens with one attached hydrogen (secondary N) is 1. The molecule has 0 spiro atoms. The van der Waals surface area contributed by atoms with Gasteiger partial charge in [-0.05, 0) is 30.5 Å². The van der Waals surface area contributed by atoms with Gasteiger partial charge in [0.25, 0.3) is 5.91 Å². The van der Waals surface area contributed by atoms with Crippen molar-refractivity contribution in [2.75, 3.05) is 22.4 Å². The maximum absolute atomic E-state index is 11.9. The second-order valence-electron chi connectivity index (χ2n) is 5.11. The Morgan fingerprint density at radius 2 is 2.18 bits per heavy atom. The molecule has 0 unspecified atom stereocenters. The molecule has 1 aromatic heterocycles. The van der Waals surface area contributed by atoms with Crippen molar-refractivity contribution >= 4 is 27.3 Å². The van der Waals surface area contributed by atoms with Crippen molar-refractivity contribution in [2.24, 2.45) is 0 Å². The monoisotopic (exact) mass is 321 g/mol. The fourth-order valence-electron chi connectivity index (χ4n) is 2.49. The lowest BCUT2D eigenvalue weighted by Crippen LogP contribution is -2.34. The molecule has 1 aliphatic heterocycles. The number of carbonyl (C=O) groups is 1. The third kappa shape index (κ3) is 2.82. The molecule has 0 saturated heterocycles. The molecule has 2 heterocycles. The number of carbonyl (C=O) groups excluding carboxylic acids is 1. The Bertz CT molecular complexity index is 800. The molecule has 116 valence electrons. The van der Waals surface area contributed by atoms with Crippen LogP contribution in [0.25, 0.3) is 0 Å². The fourth-order valence-corrected chi connectivity index (χ4v) is 3.48. The van der Waals surface area contributed by atoms with Crippen molar-refractivity contribution in [3.8, 4) is 0 Å². The van der Waals surface area contributed by atoms with Crippen molar-refractivity contribution in [2.45, 2.75) is 12.8 Å². The van der Waals surface area contributed by atoms with Gasteiger partial charge in [0.15, 0.2) is 0 Å². The zero-order valence-corrected chi connectivity index (χ0v) is 12.8. The predicted molar refractivity (Wildman–Crippen MR) is 81.4 cm³/mol. The van der Waals surface area contributed by atoms with E-state index in [4.69, 9.17) is 4.52 Å². The van der Waals surface area contributed by atoms with E-state index in [-0.39, 0.29) is 5.76 Å². The summed E-state index contributed by atoms with van der Waals surface area (Å²) in [5.74, 6) is -0.336. The van der Waals surface area contributed by atoms with Crippen molar-refractivity contribution in [1.29, 1.82) is 0 Å². The summed E-state index contributed by atoms with van der Waals surface area (Å²) in [5, 5.41) is 6.15. The number of hydrogen-bond donors (Lipinski definition) is 1. The summed E-state index contributed by atoms with van der Waals surface area (Å²) < 4.78 is 29.9. The maximum atomic E-state index is 11.9. The second kappa shape index (κ2) is 5.45. The molecular formula is C14H15N3O4S. The second-order valence-corrected chi connectivity index (χ2v) is 7.02. The fraction of sp³-hybridized carbons (Fsp3) is 0.286. The zero-order valence-electron chi connectivity index (χ0n) is 11.9. The third-order valence-electron chi connectivity index (χ3n) is 3.48. The summed E-state index contributed by atoms with van der Waals surface area (Å²) in [4.78, 5) is 11.9. The largest absolute Gasteiger partial charge is 0.351 e. The molecule has 0 fully saturated rings. The van der Waals surface area contributed by atoms with E-state index in [1.807, 2.05) is 6.07 Å². The molecule has 8 heteroatoms. The molecule has 0 bridgehead atoms. The van der Waals surface area contributed by atoms with Gasteiger partial charge in [-0.25, -0.2) is 8.42 Å². The summed E-state index contributed by atoms with van der Waals surface area (Å²) in [6.45, 7) is 0.450. The summed E-state index contributed by atoms with van der Waals surface area (Å²) >= 11 is 0. The van der Waals surface area contributed by atoms with Gasteiger partial charge in [-0.2, -0.15) is 0 Å². The average molecular weight is 321 g/mol. The first-order chi connectivity index (χ1) is 10.4. The Kier molecular flexibility index (Phi) is 3.61. The first-order valence-corrected chi connectivity index (χ1v) is 8.62. The van der Waals surface area contributed by atoms with E-state index in [0.717, 1.165) is 18.4 Å². The SMILES string of the molecule is CS(=O)(=O)N1CCCc2ccc(NC(=O)c3ccno3)cc21. The molecule has 0 radical (unpaired) electrons. The van der Waals surface area contributed by atoms with Crippen LogP contribution in [0.4, 0.5) is 11.4 Å². The molecule has 1 N–H and O–H groups in total. The van der Waals surface area contributed by atoms with Crippen molar-refractivity contribution < 1.29 is 17.7 Å². The van der Waals surface area contributed by atoms with Crippen LogP contribution < -0.4 is 9.62 Å². The lowest BCUT2D eigenvalue weighted by Gasteiger charge is -2.29. The van der Waals surface area contributed by atoms with E-state index >= 15 is 0 Å². The van der Waals surface area contributed by atoms with Crippen LogP contribution in [0.1, 0.15) is 22.5 Å². The van der Waals surface area contributed by atoms with Crippen molar-refractivity contribution in [1.82, 2.24) is 5.16 Å². The van der Waals surface area contributed by atoms with Crippen LogP contribution in [0, 0.1) is 0 Å². The van der Waals surface area contributed by atoms with E-state index < -0.39 is 15.9 Å². The molecule has 22 heavy (non-hydrogen) atoms. The highest BCUT2D eigenvalue weighted by atomic mass is 32.2. The molecule has 0 aliphatic carbocycles. The van der Waals surface area contributed by atoms with Gasteiger partial charge in [0.2, 0.25) is 15.8 Å². The van der Waals surface area contributed by atoms with Gasteiger partial charge in [0.05, 0.1) is 18.1 Å². The van der Waals surface area contributed by atoms with Gasteiger partial charge < -0.3 is 9.84 Å². The van der Waals surface area contributed by atoms with Gasteiger partial charge in [0, 0.05) is 18.3 Å². The molecule has 1 aromatic carbocycles. The molecule has 7 nitrogen and oxygen atoms in total. The number of aromatic nitrogens is 1. The Morgan fingerprint density at radius 3 is 2.86 bits per heavy atom. The number of nitrogens with zero attached hydrogens (tertiary/aromatic N) is 2. The molecule has 3 rings (SSSR count).